The van der Waals surface area contributed by atoms with E-state index in [0.717, 1.165) is 25.8 Å². The van der Waals surface area contributed by atoms with Crippen molar-refractivity contribution in [1.29, 1.82) is 5.26 Å². The van der Waals surface area contributed by atoms with Gasteiger partial charge in [0.25, 0.3) is 0 Å². The molecule has 0 aromatic carbocycles. The third-order valence-corrected chi connectivity index (χ3v) is 3.51. The normalized spacial score (nSPS) is 15.8. The molecule has 0 aliphatic heterocycles. The summed E-state index contributed by atoms with van der Waals surface area (Å²) >= 11 is 0. The summed E-state index contributed by atoms with van der Waals surface area (Å²) in [6.07, 6.45) is 5.06. The average molecular weight is 261 g/mol. The van der Waals surface area contributed by atoms with E-state index in [1.54, 1.807) is 12.3 Å². The number of nitriles is 1. The highest BCUT2D eigenvalue weighted by molar-refractivity contribution is 5.89. The maximum Gasteiger partial charge on any atom is 0.355 e. The van der Waals surface area contributed by atoms with Crippen molar-refractivity contribution in [3.63, 3.8) is 0 Å². The highest BCUT2D eigenvalue weighted by Gasteiger charge is 2.43. The van der Waals surface area contributed by atoms with E-state index >= 15 is 0 Å². The molecular weight excluding hydrogens is 242 g/mol. The van der Waals surface area contributed by atoms with Crippen LogP contribution >= 0.6 is 0 Å². The maximum absolute atomic E-state index is 12.1. The van der Waals surface area contributed by atoms with Gasteiger partial charge < -0.3 is 15.0 Å². The van der Waals surface area contributed by atoms with Crippen LogP contribution in [0.4, 0.5) is 5.69 Å². The van der Waals surface area contributed by atoms with Crippen LogP contribution in [0.2, 0.25) is 0 Å². The summed E-state index contributed by atoms with van der Waals surface area (Å²) in [4.78, 5) is 12.1. The second-order valence-electron chi connectivity index (χ2n) is 5.26. The smallest absolute Gasteiger partial charge is 0.355 e. The molecule has 2 rings (SSSR count). The summed E-state index contributed by atoms with van der Waals surface area (Å²) in [7, 11) is 0. The maximum atomic E-state index is 12.1. The van der Waals surface area contributed by atoms with Crippen molar-refractivity contribution < 1.29 is 9.53 Å². The van der Waals surface area contributed by atoms with E-state index < -0.39 is 0 Å². The van der Waals surface area contributed by atoms with Gasteiger partial charge in [-0.15, -0.1) is 0 Å². The van der Waals surface area contributed by atoms with Crippen LogP contribution in [-0.2, 0) is 11.3 Å². The third-order valence-electron chi connectivity index (χ3n) is 3.51. The fraction of sp³-hybridized carbons (Fsp3) is 0.571. The van der Waals surface area contributed by atoms with Crippen LogP contribution in [0.5, 0.6) is 0 Å². The Morgan fingerprint density at radius 1 is 1.63 bits per heavy atom. The summed E-state index contributed by atoms with van der Waals surface area (Å²) in [6.45, 7) is 3.11. The summed E-state index contributed by atoms with van der Waals surface area (Å²) in [5.74, 6) is -0.352. The highest BCUT2D eigenvalue weighted by atomic mass is 16.5. The molecule has 0 atom stereocenters. The molecule has 0 radical (unpaired) electrons. The first-order valence-corrected chi connectivity index (χ1v) is 6.60. The molecule has 0 amide bonds. The summed E-state index contributed by atoms with van der Waals surface area (Å²) in [5.41, 5.74) is 6.69. The number of aryl methyl sites for hydroxylation is 1. The zero-order valence-corrected chi connectivity index (χ0v) is 11.2. The molecule has 0 unspecified atom stereocenters. The molecule has 1 aromatic rings. The van der Waals surface area contributed by atoms with Gasteiger partial charge in [0.2, 0.25) is 0 Å². The minimum absolute atomic E-state index is 0.0852. The van der Waals surface area contributed by atoms with Crippen LogP contribution in [0.15, 0.2) is 12.3 Å². The number of nitrogens with zero attached hydrogens (tertiary/aromatic N) is 2. The minimum Gasteiger partial charge on any atom is -0.460 e. The van der Waals surface area contributed by atoms with E-state index in [1.165, 1.54) is 0 Å². The number of carbonyl (C=O) groups excluding carboxylic acids is 1. The molecule has 5 heteroatoms. The van der Waals surface area contributed by atoms with Crippen molar-refractivity contribution in [2.75, 3.05) is 12.3 Å². The second-order valence-corrected chi connectivity index (χ2v) is 5.26. The van der Waals surface area contributed by atoms with Crippen LogP contribution in [0.1, 0.15) is 43.1 Å². The van der Waals surface area contributed by atoms with Crippen LogP contribution in [0.3, 0.4) is 0 Å². The zero-order valence-electron chi connectivity index (χ0n) is 11.2. The Bertz CT molecular complexity index is 509. The molecule has 1 aliphatic carbocycles. The fourth-order valence-electron chi connectivity index (χ4n) is 2.14. The lowest BCUT2D eigenvalue weighted by molar-refractivity contribution is 0.0407. The van der Waals surface area contributed by atoms with Crippen molar-refractivity contribution in [3.05, 3.63) is 18.0 Å². The van der Waals surface area contributed by atoms with E-state index in [4.69, 9.17) is 15.7 Å². The van der Waals surface area contributed by atoms with Gasteiger partial charge in [-0.2, -0.15) is 5.26 Å². The van der Waals surface area contributed by atoms with Gasteiger partial charge in [-0.25, -0.2) is 4.79 Å². The molecule has 0 spiro atoms. The lowest BCUT2D eigenvalue weighted by atomic mass is 10.1. The number of ether oxygens (including phenoxy) is 1. The number of esters is 1. The van der Waals surface area contributed by atoms with Gasteiger partial charge >= 0.3 is 5.97 Å². The molecule has 1 aliphatic rings. The minimum atomic E-state index is -0.352. The van der Waals surface area contributed by atoms with Crippen LogP contribution in [-0.4, -0.2) is 17.1 Å². The number of aromatic nitrogens is 1. The molecule has 2 N–H and O–H groups in total. The van der Waals surface area contributed by atoms with Crippen LogP contribution < -0.4 is 5.73 Å². The van der Waals surface area contributed by atoms with Crippen LogP contribution in [0.25, 0.3) is 0 Å². The Morgan fingerprint density at radius 2 is 2.37 bits per heavy atom. The molecule has 1 saturated carbocycles. The SMILES string of the molecule is CCCn1cc(N)cc1C(=O)OCC1(CC#N)CC1. The summed E-state index contributed by atoms with van der Waals surface area (Å²) < 4.78 is 7.16. The predicted octanol–water partition coefficient (Wildman–Crippen LogP) is 2.33. The first-order valence-electron chi connectivity index (χ1n) is 6.60. The molecule has 1 aromatic heterocycles. The van der Waals surface area contributed by atoms with E-state index in [2.05, 4.69) is 6.07 Å². The number of hydrogen-bond acceptors (Lipinski definition) is 4. The lowest BCUT2D eigenvalue weighted by Gasteiger charge is -2.12. The quantitative estimate of drug-likeness (QED) is 0.797. The molecule has 1 fully saturated rings. The molecule has 0 saturated heterocycles. The number of carbonyl (C=O) groups is 1. The Labute approximate surface area is 113 Å². The molecular formula is C14H19N3O2. The van der Waals surface area contributed by atoms with Crippen molar-refractivity contribution in [1.82, 2.24) is 4.57 Å². The monoisotopic (exact) mass is 261 g/mol. The largest absolute Gasteiger partial charge is 0.460 e. The van der Waals surface area contributed by atoms with Gasteiger partial charge in [0.15, 0.2) is 0 Å². The van der Waals surface area contributed by atoms with Gasteiger partial charge in [0, 0.05) is 24.6 Å². The third kappa shape index (κ3) is 3.08. The predicted molar refractivity (Wildman–Crippen MR) is 71.3 cm³/mol. The van der Waals surface area contributed by atoms with E-state index in [9.17, 15) is 4.79 Å². The standard InChI is InChI=1S/C14H19N3O2/c1-2-7-17-9-11(16)8-12(17)13(18)19-10-14(3-4-14)5-6-15/h8-9H,2-5,7,10,16H2,1H3. The Balaban J connectivity index is 1.98. The Morgan fingerprint density at radius 3 is 2.95 bits per heavy atom. The van der Waals surface area contributed by atoms with Crippen LogP contribution in [0, 0.1) is 16.7 Å². The first kappa shape index (κ1) is 13.5. The van der Waals surface area contributed by atoms with Gasteiger partial charge in [0.05, 0.1) is 18.4 Å². The number of nitrogen functional groups attached to an aromatic ring is 1. The Hall–Kier alpha value is -1.96. The van der Waals surface area contributed by atoms with Crippen molar-refractivity contribution in [3.8, 4) is 6.07 Å². The van der Waals surface area contributed by atoms with Gasteiger partial charge in [0.1, 0.15) is 5.69 Å². The number of nitrogens with two attached hydrogens (primary N) is 1. The number of rotatable bonds is 6. The molecule has 102 valence electrons. The van der Waals surface area contributed by atoms with Gasteiger partial charge in [-0.05, 0) is 25.3 Å². The highest BCUT2D eigenvalue weighted by Crippen LogP contribution is 2.48. The van der Waals surface area contributed by atoms with Crippen molar-refractivity contribution >= 4 is 11.7 Å². The Kier molecular flexibility index (Phi) is 3.79. The number of anilines is 1. The van der Waals surface area contributed by atoms with Gasteiger partial charge in [-0.1, -0.05) is 6.92 Å². The summed E-state index contributed by atoms with van der Waals surface area (Å²) in [5, 5.41) is 8.73. The van der Waals surface area contributed by atoms with Crippen molar-refractivity contribution in [2.24, 2.45) is 5.41 Å². The zero-order chi connectivity index (χ0) is 13.9. The van der Waals surface area contributed by atoms with E-state index in [0.29, 0.717) is 24.4 Å². The summed E-state index contributed by atoms with van der Waals surface area (Å²) in [6, 6.07) is 3.79. The molecule has 0 bridgehead atoms. The molecule has 5 nitrogen and oxygen atoms in total. The van der Waals surface area contributed by atoms with E-state index in [-0.39, 0.29) is 11.4 Å². The fourth-order valence-corrected chi connectivity index (χ4v) is 2.14. The topological polar surface area (TPSA) is 81.0 Å². The number of hydrogen-bond donors (Lipinski definition) is 1. The molecule has 1 heterocycles. The van der Waals surface area contributed by atoms with Gasteiger partial charge in [-0.3, -0.25) is 0 Å². The van der Waals surface area contributed by atoms with E-state index in [1.807, 2.05) is 11.5 Å². The van der Waals surface area contributed by atoms with Crippen molar-refractivity contribution in [2.45, 2.75) is 39.2 Å². The second kappa shape index (κ2) is 5.35. The first-order chi connectivity index (χ1) is 9.10. The average Bonchev–Trinajstić information content (AvgIpc) is 3.04. The lowest BCUT2D eigenvalue weighted by Crippen LogP contribution is -2.17. The molecule has 19 heavy (non-hydrogen) atoms.